The molecule has 0 bridgehead atoms. The van der Waals surface area contributed by atoms with E-state index in [1.165, 1.54) is 12.3 Å². The van der Waals surface area contributed by atoms with Crippen LogP contribution in [-0.2, 0) is 6.61 Å². The molecule has 0 saturated carbocycles. The third kappa shape index (κ3) is 2.40. The van der Waals surface area contributed by atoms with Gasteiger partial charge in [0.05, 0.1) is 6.20 Å². The molecule has 2 aromatic rings. The van der Waals surface area contributed by atoms with Gasteiger partial charge in [0.25, 0.3) is 0 Å². The molecule has 0 fully saturated rings. The monoisotopic (exact) mass is 258 g/mol. The van der Waals surface area contributed by atoms with E-state index in [0.29, 0.717) is 26.3 Å². The molecule has 0 spiro atoms. The summed E-state index contributed by atoms with van der Waals surface area (Å²) in [6.07, 6.45) is 1.36. The summed E-state index contributed by atoms with van der Waals surface area (Å²) >= 11 is 11.9. The molecule has 0 atom stereocenters. The minimum absolute atomic E-state index is 0.204. The number of hydrogen-bond donors (Lipinski definition) is 1. The van der Waals surface area contributed by atoms with Crippen LogP contribution in [0, 0.1) is 0 Å². The minimum atomic E-state index is 0.204. The van der Waals surface area contributed by atoms with Crippen molar-refractivity contribution in [2.75, 3.05) is 0 Å². The SMILES string of the molecule is On1ccc(OCc2c(Cl)cccc2Cl)n1. The Morgan fingerprint density at radius 1 is 1.25 bits per heavy atom. The molecule has 0 radical (unpaired) electrons. The molecule has 6 heteroatoms. The summed E-state index contributed by atoms with van der Waals surface area (Å²) in [5.41, 5.74) is 0.693. The highest BCUT2D eigenvalue weighted by Crippen LogP contribution is 2.25. The molecule has 1 N–H and O–H groups in total. The molecule has 16 heavy (non-hydrogen) atoms. The zero-order valence-electron chi connectivity index (χ0n) is 8.10. The summed E-state index contributed by atoms with van der Waals surface area (Å²) in [6, 6.07) is 6.76. The van der Waals surface area contributed by atoms with Crippen LogP contribution < -0.4 is 4.74 Å². The smallest absolute Gasteiger partial charge is 0.236 e. The molecule has 2 rings (SSSR count). The first kappa shape index (κ1) is 11.1. The van der Waals surface area contributed by atoms with E-state index in [1.54, 1.807) is 18.2 Å². The number of hydrogen-bond acceptors (Lipinski definition) is 3. The molecule has 84 valence electrons. The van der Waals surface area contributed by atoms with Crippen molar-refractivity contribution in [2.45, 2.75) is 6.61 Å². The Bertz CT molecular complexity index is 479. The highest BCUT2D eigenvalue weighted by atomic mass is 35.5. The average Bonchev–Trinajstić information content (AvgIpc) is 2.63. The molecule has 1 heterocycles. The van der Waals surface area contributed by atoms with E-state index in [4.69, 9.17) is 33.1 Å². The maximum Gasteiger partial charge on any atom is 0.236 e. The summed E-state index contributed by atoms with van der Waals surface area (Å²) in [5, 5.41) is 13.7. The van der Waals surface area contributed by atoms with Crippen LogP contribution in [0.5, 0.6) is 5.88 Å². The number of aromatic nitrogens is 2. The van der Waals surface area contributed by atoms with E-state index in [-0.39, 0.29) is 6.61 Å². The molecule has 0 unspecified atom stereocenters. The number of ether oxygens (including phenoxy) is 1. The van der Waals surface area contributed by atoms with Gasteiger partial charge in [-0.1, -0.05) is 34.4 Å². The summed E-state index contributed by atoms with van der Waals surface area (Å²) in [6.45, 7) is 0.204. The standard InChI is InChI=1S/C10H8Cl2N2O2/c11-8-2-1-3-9(12)7(8)6-16-10-4-5-14(15)13-10/h1-5,15H,6H2. The van der Waals surface area contributed by atoms with Gasteiger partial charge in [0.15, 0.2) is 0 Å². The highest BCUT2D eigenvalue weighted by molar-refractivity contribution is 6.35. The van der Waals surface area contributed by atoms with Gasteiger partial charge in [-0.15, -0.1) is 4.85 Å². The molecule has 0 saturated heterocycles. The van der Waals surface area contributed by atoms with Crippen molar-refractivity contribution in [1.29, 1.82) is 0 Å². The molecular weight excluding hydrogens is 251 g/mol. The van der Waals surface area contributed by atoms with Crippen LogP contribution in [0.2, 0.25) is 10.0 Å². The van der Waals surface area contributed by atoms with Gasteiger partial charge in [0.1, 0.15) is 6.61 Å². The van der Waals surface area contributed by atoms with Gasteiger partial charge in [0, 0.05) is 21.7 Å². The first-order chi connectivity index (χ1) is 7.66. The molecule has 0 aliphatic heterocycles. The van der Waals surface area contributed by atoms with Crippen molar-refractivity contribution in [2.24, 2.45) is 0 Å². The Labute approximate surface area is 102 Å². The van der Waals surface area contributed by atoms with Crippen molar-refractivity contribution in [1.82, 2.24) is 9.94 Å². The lowest BCUT2D eigenvalue weighted by Crippen LogP contribution is -1.99. The number of rotatable bonds is 3. The Hall–Kier alpha value is -1.39. The van der Waals surface area contributed by atoms with Gasteiger partial charge >= 0.3 is 0 Å². The second-order valence-corrected chi connectivity index (χ2v) is 3.88. The Kier molecular flexibility index (Phi) is 3.22. The van der Waals surface area contributed by atoms with Crippen molar-refractivity contribution in [3.63, 3.8) is 0 Å². The second kappa shape index (κ2) is 4.63. The van der Waals surface area contributed by atoms with E-state index in [2.05, 4.69) is 5.10 Å². The maximum absolute atomic E-state index is 8.93. The van der Waals surface area contributed by atoms with E-state index in [9.17, 15) is 0 Å². The normalized spacial score (nSPS) is 10.4. The average molecular weight is 259 g/mol. The molecule has 1 aromatic carbocycles. The van der Waals surface area contributed by atoms with Crippen LogP contribution >= 0.6 is 23.2 Å². The third-order valence-electron chi connectivity index (χ3n) is 1.98. The molecule has 0 aliphatic carbocycles. The fourth-order valence-electron chi connectivity index (χ4n) is 1.19. The van der Waals surface area contributed by atoms with Crippen LogP contribution in [0.4, 0.5) is 0 Å². The number of nitrogens with zero attached hydrogens (tertiary/aromatic N) is 2. The lowest BCUT2D eigenvalue weighted by Gasteiger charge is -2.06. The van der Waals surface area contributed by atoms with Crippen LogP contribution in [0.15, 0.2) is 30.5 Å². The highest BCUT2D eigenvalue weighted by Gasteiger charge is 2.07. The predicted octanol–water partition coefficient (Wildman–Crippen LogP) is 3.01. The van der Waals surface area contributed by atoms with Crippen LogP contribution in [-0.4, -0.2) is 15.2 Å². The van der Waals surface area contributed by atoms with E-state index in [0.717, 1.165) is 0 Å². The summed E-state index contributed by atoms with van der Waals surface area (Å²) < 4.78 is 5.31. The summed E-state index contributed by atoms with van der Waals surface area (Å²) in [7, 11) is 0. The van der Waals surface area contributed by atoms with Gasteiger partial charge in [-0.05, 0) is 12.1 Å². The lowest BCUT2D eigenvalue weighted by molar-refractivity contribution is 0.141. The van der Waals surface area contributed by atoms with E-state index < -0.39 is 0 Å². The Balaban J connectivity index is 2.10. The van der Waals surface area contributed by atoms with Gasteiger partial charge in [0.2, 0.25) is 5.88 Å². The Morgan fingerprint density at radius 2 is 1.94 bits per heavy atom. The van der Waals surface area contributed by atoms with Crippen molar-refractivity contribution in [3.8, 4) is 5.88 Å². The Morgan fingerprint density at radius 3 is 2.50 bits per heavy atom. The van der Waals surface area contributed by atoms with Crippen molar-refractivity contribution >= 4 is 23.2 Å². The lowest BCUT2D eigenvalue weighted by atomic mass is 10.2. The number of halogens is 2. The second-order valence-electron chi connectivity index (χ2n) is 3.06. The molecular formula is C10H8Cl2N2O2. The minimum Gasteiger partial charge on any atom is -0.472 e. The quantitative estimate of drug-likeness (QED) is 0.862. The van der Waals surface area contributed by atoms with E-state index >= 15 is 0 Å². The first-order valence-corrected chi connectivity index (χ1v) is 5.23. The number of benzene rings is 1. The zero-order valence-corrected chi connectivity index (χ0v) is 9.61. The third-order valence-corrected chi connectivity index (χ3v) is 2.69. The van der Waals surface area contributed by atoms with Crippen molar-refractivity contribution < 1.29 is 9.94 Å². The molecule has 0 aliphatic rings. The van der Waals surface area contributed by atoms with Gasteiger partial charge in [-0.25, -0.2) is 0 Å². The molecule has 1 aromatic heterocycles. The topological polar surface area (TPSA) is 47.3 Å². The predicted molar refractivity (Wildman–Crippen MR) is 60.2 cm³/mol. The summed E-state index contributed by atoms with van der Waals surface area (Å²) in [4.78, 5) is 0.670. The fraction of sp³-hybridized carbons (Fsp3) is 0.100. The molecule has 0 amide bonds. The van der Waals surface area contributed by atoms with Crippen LogP contribution in [0.1, 0.15) is 5.56 Å². The molecule has 4 nitrogen and oxygen atoms in total. The zero-order chi connectivity index (χ0) is 11.5. The summed E-state index contributed by atoms with van der Waals surface area (Å²) in [5.74, 6) is 0.304. The largest absolute Gasteiger partial charge is 0.472 e. The van der Waals surface area contributed by atoms with Gasteiger partial charge in [-0.2, -0.15) is 0 Å². The van der Waals surface area contributed by atoms with Crippen molar-refractivity contribution in [3.05, 3.63) is 46.1 Å². The van der Waals surface area contributed by atoms with Crippen LogP contribution in [0.3, 0.4) is 0 Å². The van der Waals surface area contributed by atoms with Crippen LogP contribution in [0.25, 0.3) is 0 Å². The van der Waals surface area contributed by atoms with Gasteiger partial charge in [-0.3, -0.25) is 0 Å². The first-order valence-electron chi connectivity index (χ1n) is 4.47. The van der Waals surface area contributed by atoms with E-state index in [1.807, 2.05) is 0 Å². The maximum atomic E-state index is 8.93. The fourth-order valence-corrected chi connectivity index (χ4v) is 1.70. The van der Waals surface area contributed by atoms with Gasteiger partial charge < -0.3 is 9.94 Å².